The third kappa shape index (κ3) is 5.19. The fourth-order valence-corrected chi connectivity index (χ4v) is 2.57. The first kappa shape index (κ1) is 15.4. The molecule has 20 heavy (non-hydrogen) atoms. The minimum Gasteiger partial charge on any atom is -0.387 e. The first-order chi connectivity index (χ1) is 9.75. The van der Waals surface area contributed by atoms with Gasteiger partial charge in [-0.3, -0.25) is 0 Å². The van der Waals surface area contributed by atoms with Crippen molar-refractivity contribution in [1.29, 1.82) is 0 Å². The summed E-state index contributed by atoms with van der Waals surface area (Å²) in [4.78, 5) is 0. The maximum absolute atomic E-state index is 12.8. The third-order valence-corrected chi connectivity index (χ3v) is 3.78. The Morgan fingerprint density at radius 2 is 1.90 bits per heavy atom. The lowest BCUT2D eigenvalue weighted by molar-refractivity contribution is 0.0292. The number of hydrogen-bond donors (Lipinski definition) is 2. The summed E-state index contributed by atoms with van der Waals surface area (Å²) in [7, 11) is 0. The van der Waals surface area contributed by atoms with Crippen molar-refractivity contribution in [3.8, 4) is 0 Å². The lowest BCUT2D eigenvalue weighted by atomic mass is 9.98. The Balaban J connectivity index is 1.57. The van der Waals surface area contributed by atoms with Crippen LogP contribution in [-0.2, 0) is 4.74 Å². The fourth-order valence-electron chi connectivity index (χ4n) is 2.57. The molecular formula is C16H24FNO2. The minimum atomic E-state index is -0.606. The summed E-state index contributed by atoms with van der Waals surface area (Å²) in [6.45, 7) is 1.87. The Labute approximate surface area is 120 Å². The molecule has 3 nitrogen and oxygen atoms in total. The number of hydrogen-bond acceptors (Lipinski definition) is 3. The molecule has 1 aromatic rings. The van der Waals surface area contributed by atoms with Gasteiger partial charge in [-0.15, -0.1) is 0 Å². The lowest BCUT2D eigenvalue weighted by Crippen LogP contribution is -2.27. The van der Waals surface area contributed by atoms with Gasteiger partial charge in [0, 0.05) is 13.1 Å². The standard InChI is InChI=1S/C16H24FNO2/c17-14-8-6-13(7-9-14)16(19)12-18-10-11-20-15-4-2-1-3-5-15/h6-9,15-16,18-19H,1-5,10-12H2. The van der Waals surface area contributed by atoms with Crippen LogP contribution in [0.5, 0.6) is 0 Å². The summed E-state index contributed by atoms with van der Waals surface area (Å²) in [6.07, 6.45) is 6.07. The highest BCUT2D eigenvalue weighted by atomic mass is 19.1. The molecular weight excluding hydrogens is 257 g/mol. The van der Waals surface area contributed by atoms with Crippen molar-refractivity contribution in [3.63, 3.8) is 0 Å². The van der Waals surface area contributed by atoms with Crippen molar-refractivity contribution in [2.75, 3.05) is 19.7 Å². The van der Waals surface area contributed by atoms with Crippen molar-refractivity contribution >= 4 is 0 Å². The van der Waals surface area contributed by atoms with Gasteiger partial charge in [0.05, 0.1) is 18.8 Å². The predicted molar refractivity (Wildman–Crippen MR) is 77.1 cm³/mol. The summed E-state index contributed by atoms with van der Waals surface area (Å²) in [5.74, 6) is -0.283. The first-order valence-corrected chi connectivity index (χ1v) is 7.51. The number of aliphatic hydroxyl groups is 1. The van der Waals surface area contributed by atoms with Gasteiger partial charge in [0.15, 0.2) is 0 Å². The van der Waals surface area contributed by atoms with E-state index in [-0.39, 0.29) is 5.82 Å². The Hall–Kier alpha value is -0.970. The molecule has 0 saturated heterocycles. The number of halogens is 1. The molecule has 0 aromatic heterocycles. The highest BCUT2D eigenvalue weighted by Gasteiger charge is 2.13. The molecule has 4 heteroatoms. The summed E-state index contributed by atoms with van der Waals surface area (Å²) in [6, 6.07) is 5.95. The average Bonchev–Trinajstić information content (AvgIpc) is 2.48. The van der Waals surface area contributed by atoms with Crippen LogP contribution < -0.4 is 5.32 Å². The van der Waals surface area contributed by atoms with Crippen LogP contribution in [0, 0.1) is 5.82 Å². The molecule has 1 aliphatic rings. The predicted octanol–water partition coefficient (Wildman–Crippen LogP) is 2.80. The first-order valence-electron chi connectivity index (χ1n) is 7.51. The number of aliphatic hydroxyl groups excluding tert-OH is 1. The second-order valence-corrected chi connectivity index (χ2v) is 5.40. The molecule has 1 fully saturated rings. The molecule has 0 radical (unpaired) electrons. The Morgan fingerprint density at radius 3 is 2.60 bits per heavy atom. The van der Waals surface area contributed by atoms with Gasteiger partial charge in [0.1, 0.15) is 5.82 Å². The van der Waals surface area contributed by atoms with E-state index >= 15 is 0 Å². The van der Waals surface area contributed by atoms with Crippen molar-refractivity contribution in [2.24, 2.45) is 0 Å². The Bertz CT molecular complexity index is 377. The second-order valence-electron chi connectivity index (χ2n) is 5.40. The van der Waals surface area contributed by atoms with Crippen molar-refractivity contribution < 1.29 is 14.2 Å². The van der Waals surface area contributed by atoms with Gasteiger partial charge in [-0.05, 0) is 30.5 Å². The largest absolute Gasteiger partial charge is 0.387 e. The van der Waals surface area contributed by atoms with Crippen molar-refractivity contribution in [1.82, 2.24) is 5.32 Å². The molecule has 1 atom stereocenters. The van der Waals surface area contributed by atoms with E-state index in [1.54, 1.807) is 12.1 Å². The van der Waals surface area contributed by atoms with Crippen LogP contribution in [0.1, 0.15) is 43.8 Å². The molecule has 0 amide bonds. The van der Waals surface area contributed by atoms with E-state index in [2.05, 4.69) is 5.32 Å². The Morgan fingerprint density at radius 1 is 1.20 bits per heavy atom. The van der Waals surface area contributed by atoms with Crippen LogP contribution in [0.25, 0.3) is 0 Å². The Kier molecular flexibility index (Phi) is 6.43. The molecule has 0 bridgehead atoms. The molecule has 1 aromatic carbocycles. The molecule has 2 N–H and O–H groups in total. The second kappa shape index (κ2) is 8.35. The van der Waals surface area contributed by atoms with Gasteiger partial charge >= 0.3 is 0 Å². The highest BCUT2D eigenvalue weighted by molar-refractivity contribution is 5.18. The molecule has 1 aliphatic carbocycles. The van der Waals surface area contributed by atoms with Gasteiger partial charge in [0.25, 0.3) is 0 Å². The molecule has 1 unspecified atom stereocenters. The van der Waals surface area contributed by atoms with Gasteiger partial charge in [-0.25, -0.2) is 4.39 Å². The monoisotopic (exact) mass is 281 g/mol. The van der Waals surface area contributed by atoms with E-state index in [0.29, 0.717) is 19.3 Å². The lowest BCUT2D eigenvalue weighted by Gasteiger charge is -2.22. The van der Waals surface area contributed by atoms with E-state index in [9.17, 15) is 9.50 Å². The van der Waals surface area contributed by atoms with E-state index in [0.717, 1.165) is 12.1 Å². The highest BCUT2D eigenvalue weighted by Crippen LogP contribution is 2.19. The molecule has 1 saturated carbocycles. The SMILES string of the molecule is OC(CNCCOC1CCCCC1)c1ccc(F)cc1. The van der Waals surface area contributed by atoms with E-state index in [1.807, 2.05) is 0 Å². The topological polar surface area (TPSA) is 41.5 Å². The van der Waals surface area contributed by atoms with E-state index < -0.39 is 6.10 Å². The zero-order chi connectivity index (χ0) is 14.2. The summed E-state index contributed by atoms with van der Waals surface area (Å²) < 4.78 is 18.6. The molecule has 112 valence electrons. The fraction of sp³-hybridized carbons (Fsp3) is 0.625. The normalized spacial score (nSPS) is 18.1. The van der Waals surface area contributed by atoms with Crippen LogP contribution in [0.15, 0.2) is 24.3 Å². The maximum Gasteiger partial charge on any atom is 0.123 e. The number of ether oxygens (including phenoxy) is 1. The van der Waals surface area contributed by atoms with E-state index in [1.165, 1.54) is 44.2 Å². The average molecular weight is 281 g/mol. The van der Waals surface area contributed by atoms with Crippen LogP contribution >= 0.6 is 0 Å². The zero-order valence-electron chi connectivity index (χ0n) is 11.9. The number of benzene rings is 1. The molecule has 0 spiro atoms. The van der Waals surface area contributed by atoms with E-state index in [4.69, 9.17) is 4.74 Å². The van der Waals surface area contributed by atoms with Crippen LogP contribution in [0.2, 0.25) is 0 Å². The maximum atomic E-state index is 12.8. The third-order valence-electron chi connectivity index (χ3n) is 3.78. The summed E-state index contributed by atoms with van der Waals surface area (Å²) >= 11 is 0. The van der Waals surface area contributed by atoms with Crippen LogP contribution in [-0.4, -0.2) is 30.9 Å². The van der Waals surface area contributed by atoms with Gasteiger partial charge in [-0.2, -0.15) is 0 Å². The van der Waals surface area contributed by atoms with Crippen LogP contribution in [0.3, 0.4) is 0 Å². The summed E-state index contributed by atoms with van der Waals surface area (Å²) in [5.41, 5.74) is 0.729. The number of nitrogens with one attached hydrogen (secondary N) is 1. The smallest absolute Gasteiger partial charge is 0.123 e. The number of rotatable bonds is 7. The minimum absolute atomic E-state index is 0.283. The van der Waals surface area contributed by atoms with Crippen molar-refractivity contribution in [3.05, 3.63) is 35.6 Å². The zero-order valence-corrected chi connectivity index (χ0v) is 11.9. The van der Waals surface area contributed by atoms with Crippen molar-refractivity contribution in [2.45, 2.75) is 44.3 Å². The summed E-state index contributed by atoms with van der Waals surface area (Å²) in [5, 5.41) is 13.1. The van der Waals surface area contributed by atoms with Gasteiger partial charge in [0.2, 0.25) is 0 Å². The quantitative estimate of drug-likeness (QED) is 0.755. The van der Waals surface area contributed by atoms with Gasteiger partial charge < -0.3 is 15.2 Å². The molecule has 0 heterocycles. The molecule has 2 rings (SSSR count). The molecule has 0 aliphatic heterocycles. The van der Waals surface area contributed by atoms with Crippen LogP contribution in [0.4, 0.5) is 4.39 Å². The van der Waals surface area contributed by atoms with Gasteiger partial charge in [-0.1, -0.05) is 31.4 Å².